The summed E-state index contributed by atoms with van der Waals surface area (Å²) >= 11 is 0. The molecule has 1 saturated carbocycles. The Kier molecular flexibility index (Phi) is 8.46. The number of nitrogens with one attached hydrogen (secondary N) is 3. The molecule has 2 fully saturated rings. The number of halogens is 1. The van der Waals surface area contributed by atoms with Crippen molar-refractivity contribution in [1.29, 1.82) is 5.26 Å². The number of carbonyl (C=O) groups excluding carboxylic acids is 3. The standard InChI is InChI=1S/C37H36FN7O4/c1-40-33(47)24-7-11-29-22(15-24)3-4-23-16-25(34(48)41-2)8-12-30(23)37(29,36-44-43-35(49-36)21-5-9-27(38)10-6-21)13-14-42-20-32(46)45-28(19-39)17-26-18-31(26)45/h5-12,15-16,26,28,31,42H,3-4,13-14,17-18,20H2,1-2H3,(H,40,47)(H,41,48)/t26-,28+,31+/m1/s1. The van der Waals surface area contributed by atoms with E-state index in [2.05, 4.69) is 32.2 Å². The summed E-state index contributed by atoms with van der Waals surface area (Å²) < 4.78 is 20.3. The second-order valence-electron chi connectivity index (χ2n) is 12.9. The quantitative estimate of drug-likeness (QED) is 0.231. The number of hydrogen-bond acceptors (Lipinski definition) is 8. The Labute approximate surface area is 282 Å². The molecule has 4 aromatic rings. The molecule has 3 amide bonds. The number of benzene rings is 3. The van der Waals surface area contributed by atoms with E-state index in [4.69, 9.17) is 4.42 Å². The normalized spacial score (nSPS) is 19.9. The average Bonchev–Trinajstić information content (AvgIpc) is 3.56. The molecule has 3 atom stereocenters. The number of hydrogen-bond donors (Lipinski definition) is 3. The van der Waals surface area contributed by atoms with Gasteiger partial charge in [0.2, 0.25) is 17.7 Å². The summed E-state index contributed by atoms with van der Waals surface area (Å²) in [5, 5.41) is 27.3. The molecule has 11 nitrogen and oxygen atoms in total. The van der Waals surface area contributed by atoms with Crippen LogP contribution in [0.3, 0.4) is 0 Å². The highest BCUT2D eigenvalue weighted by atomic mass is 19.1. The van der Waals surface area contributed by atoms with Crippen LogP contribution >= 0.6 is 0 Å². The fraction of sp³-hybridized carbons (Fsp3) is 0.351. The number of fused-ring (bicyclic) bond motifs is 3. The Morgan fingerprint density at radius 3 is 2.16 bits per heavy atom. The van der Waals surface area contributed by atoms with Gasteiger partial charge < -0.3 is 25.3 Å². The lowest BCUT2D eigenvalue weighted by Gasteiger charge is -2.34. The largest absolute Gasteiger partial charge is 0.419 e. The molecule has 1 aliphatic heterocycles. The Morgan fingerprint density at radius 2 is 1.57 bits per heavy atom. The van der Waals surface area contributed by atoms with E-state index in [-0.39, 0.29) is 42.1 Å². The lowest BCUT2D eigenvalue weighted by atomic mass is 9.69. The van der Waals surface area contributed by atoms with E-state index in [1.165, 1.54) is 12.1 Å². The molecule has 49 heavy (non-hydrogen) atoms. The molecule has 0 bridgehead atoms. The molecule has 0 spiro atoms. The van der Waals surface area contributed by atoms with Gasteiger partial charge in [-0.15, -0.1) is 10.2 Å². The van der Waals surface area contributed by atoms with Crippen molar-refractivity contribution in [3.63, 3.8) is 0 Å². The van der Waals surface area contributed by atoms with Crippen molar-refractivity contribution in [2.45, 2.75) is 49.6 Å². The lowest BCUT2D eigenvalue weighted by molar-refractivity contribution is -0.131. The predicted molar refractivity (Wildman–Crippen MR) is 177 cm³/mol. The van der Waals surface area contributed by atoms with Gasteiger partial charge >= 0.3 is 0 Å². The number of nitriles is 1. The number of amides is 3. The van der Waals surface area contributed by atoms with Crippen molar-refractivity contribution in [2.24, 2.45) is 5.92 Å². The van der Waals surface area contributed by atoms with Crippen LogP contribution in [0.2, 0.25) is 0 Å². The summed E-state index contributed by atoms with van der Waals surface area (Å²) in [6, 6.07) is 19.0. The van der Waals surface area contributed by atoms with Crippen LogP contribution in [0, 0.1) is 23.1 Å². The zero-order valence-electron chi connectivity index (χ0n) is 27.3. The third-order valence-electron chi connectivity index (χ3n) is 10.1. The molecule has 0 radical (unpaired) electrons. The Hall–Kier alpha value is -5.41. The SMILES string of the molecule is CNC(=O)c1ccc2c(c1)CCc1cc(C(=O)NC)ccc1C2(CCNCC(=O)N1[C@H](C#N)C[C@@H]2C[C@@H]21)c1nnc(-c2ccc(F)cc2)o1. The molecular weight excluding hydrogens is 625 g/mol. The summed E-state index contributed by atoms with van der Waals surface area (Å²) in [6.07, 6.45) is 3.20. The summed E-state index contributed by atoms with van der Waals surface area (Å²) in [5.74, 6) is -0.0114. The first-order chi connectivity index (χ1) is 23.8. The van der Waals surface area contributed by atoms with Crippen LogP contribution < -0.4 is 16.0 Å². The molecule has 3 aliphatic rings. The molecule has 2 aliphatic carbocycles. The third kappa shape index (κ3) is 5.74. The molecular formula is C37H36FN7O4. The smallest absolute Gasteiger partial charge is 0.251 e. The fourth-order valence-corrected chi connectivity index (χ4v) is 7.62. The Bertz CT molecular complexity index is 1920. The summed E-state index contributed by atoms with van der Waals surface area (Å²) in [6.45, 7) is 0.416. The maximum absolute atomic E-state index is 13.8. The zero-order valence-corrected chi connectivity index (χ0v) is 27.3. The van der Waals surface area contributed by atoms with Crippen LogP contribution in [0.25, 0.3) is 11.5 Å². The van der Waals surface area contributed by atoms with Gasteiger partial charge in [-0.3, -0.25) is 14.4 Å². The van der Waals surface area contributed by atoms with E-state index in [1.54, 1.807) is 43.3 Å². The van der Waals surface area contributed by atoms with Gasteiger partial charge in [0.1, 0.15) is 17.3 Å². The summed E-state index contributed by atoms with van der Waals surface area (Å²) in [4.78, 5) is 40.5. The Morgan fingerprint density at radius 1 is 0.939 bits per heavy atom. The molecule has 0 unspecified atom stereocenters. The van der Waals surface area contributed by atoms with Gasteiger partial charge in [0.05, 0.1) is 12.6 Å². The van der Waals surface area contributed by atoms with Crippen molar-refractivity contribution in [3.05, 3.63) is 106 Å². The van der Waals surface area contributed by atoms with E-state index < -0.39 is 17.3 Å². The summed E-state index contributed by atoms with van der Waals surface area (Å²) in [7, 11) is 3.17. The first kappa shape index (κ1) is 32.2. The molecule has 1 saturated heterocycles. The minimum absolute atomic E-state index is 0.0626. The number of aromatic nitrogens is 2. The van der Waals surface area contributed by atoms with Gasteiger partial charge in [-0.05, 0) is 115 Å². The van der Waals surface area contributed by atoms with Crippen LogP contribution in [0.4, 0.5) is 4.39 Å². The minimum Gasteiger partial charge on any atom is -0.419 e. The number of likely N-dealkylation sites (tertiary alicyclic amines) is 1. The number of nitrogens with zero attached hydrogens (tertiary/aromatic N) is 4. The molecule has 2 heterocycles. The van der Waals surface area contributed by atoms with Crippen LogP contribution in [0.1, 0.15) is 68.1 Å². The number of carbonyl (C=O) groups is 3. The number of aryl methyl sites for hydroxylation is 2. The van der Waals surface area contributed by atoms with Crippen LogP contribution in [0.5, 0.6) is 0 Å². The van der Waals surface area contributed by atoms with Gasteiger partial charge in [-0.25, -0.2) is 4.39 Å². The van der Waals surface area contributed by atoms with Crippen LogP contribution in [0.15, 0.2) is 65.1 Å². The number of piperidine rings is 1. The second-order valence-corrected chi connectivity index (χ2v) is 12.9. The second kappa shape index (κ2) is 12.9. The maximum atomic E-state index is 13.8. The topological polar surface area (TPSA) is 153 Å². The first-order valence-corrected chi connectivity index (χ1v) is 16.5. The molecule has 7 rings (SSSR count). The molecule has 3 aromatic carbocycles. The van der Waals surface area contributed by atoms with Crippen molar-refractivity contribution in [2.75, 3.05) is 27.2 Å². The molecule has 1 aromatic heterocycles. The fourth-order valence-electron chi connectivity index (χ4n) is 7.62. The highest BCUT2D eigenvalue weighted by Gasteiger charge is 2.54. The zero-order chi connectivity index (χ0) is 34.3. The van der Waals surface area contributed by atoms with Crippen LogP contribution in [-0.4, -0.2) is 72.1 Å². The van der Waals surface area contributed by atoms with Gasteiger partial charge in [0.15, 0.2) is 0 Å². The monoisotopic (exact) mass is 661 g/mol. The highest BCUT2D eigenvalue weighted by molar-refractivity contribution is 5.95. The van der Waals surface area contributed by atoms with E-state index >= 15 is 0 Å². The molecule has 12 heteroatoms. The highest BCUT2D eigenvalue weighted by Crippen LogP contribution is 2.49. The molecule has 250 valence electrons. The summed E-state index contributed by atoms with van der Waals surface area (Å²) in [5.41, 5.74) is 4.03. The molecule has 3 N–H and O–H groups in total. The van der Waals surface area contributed by atoms with Gasteiger partial charge in [0, 0.05) is 36.8 Å². The van der Waals surface area contributed by atoms with Gasteiger partial charge in [0.25, 0.3) is 11.8 Å². The Balaban J connectivity index is 1.32. The number of rotatable bonds is 9. The maximum Gasteiger partial charge on any atom is 0.251 e. The van der Waals surface area contributed by atoms with Crippen LogP contribution in [-0.2, 0) is 23.1 Å². The van der Waals surface area contributed by atoms with Crippen molar-refractivity contribution < 1.29 is 23.2 Å². The van der Waals surface area contributed by atoms with Gasteiger partial charge in [-0.1, -0.05) is 12.1 Å². The van der Waals surface area contributed by atoms with E-state index in [1.807, 2.05) is 24.3 Å². The van der Waals surface area contributed by atoms with Crippen molar-refractivity contribution in [3.8, 4) is 17.5 Å². The van der Waals surface area contributed by atoms with Gasteiger partial charge in [-0.2, -0.15) is 5.26 Å². The first-order valence-electron chi connectivity index (χ1n) is 16.5. The average molecular weight is 662 g/mol. The van der Waals surface area contributed by atoms with E-state index in [0.717, 1.165) is 35.1 Å². The lowest BCUT2D eigenvalue weighted by Crippen LogP contribution is -2.44. The van der Waals surface area contributed by atoms with Crippen molar-refractivity contribution in [1.82, 2.24) is 31.0 Å². The minimum atomic E-state index is -1.06. The predicted octanol–water partition coefficient (Wildman–Crippen LogP) is 3.52. The van der Waals surface area contributed by atoms with E-state index in [9.17, 15) is 24.0 Å². The van der Waals surface area contributed by atoms with E-state index in [0.29, 0.717) is 48.4 Å². The van der Waals surface area contributed by atoms with Crippen molar-refractivity contribution >= 4 is 17.7 Å². The third-order valence-corrected chi connectivity index (χ3v) is 10.1.